The predicted molar refractivity (Wildman–Crippen MR) is 87.2 cm³/mol. The smallest absolute Gasteiger partial charge is 0.229 e. The molecule has 1 aliphatic rings. The summed E-state index contributed by atoms with van der Waals surface area (Å²) in [4.78, 5) is 8.45. The molecule has 1 unspecified atom stereocenters. The molecule has 0 spiro atoms. The second kappa shape index (κ2) is 6.22. The van der Waals surface area contributed by atoms with Gasteiger partial charge in [0.1, 0.15) is 5.82 Å². The molecule has 1 saturated heterocycles. The molecule has 2 N–H and O–H groups in total. The van der Waals surface area contributed by atoms with E-state index in [1.54, 1.807) is 30.5 Å². The third-order valence-electron chi connectivity index (χ3n) is 3.49. The number of rotatable bonds is 4. The Morgan fingerprint density at radius 1 is 1.30 bits per heavy atom. The third-order valence-corrected chi connectivity index (χ3v) is 5.26. The molecule has 1 atom stereocenters. The first-order valence-electron chi connectivity index (χ1n) is 7.11. The lowest BCUT2D eigenvalue weighted by atomic mass is 10.2. The van der Waals surface area contributed by atoms with Gasteiger partial charge in [0.25, 0.3) is 0 Å². The fourth-order valence-corrected chi connectivity index (χ4v) is 4.09. The first-order valence-corrected chi connectivity index (χ1v) is 8.93. The van der Waals surface area contributed by atoms with E-state index in [1.165, 1.54) is 0 Å². The van der Waals surface area contributed by atoms with Crippen LogP contribution in [0.2, 0.25) is 0 Å². The van der Waals surface area contributed by atoms with Crippen LogP contribution >= 0.6 is 0 Å². The van der Waals surface area contributed by atoms with Crippen LogP contribution in [0, 0.1) is 11.3 Å². The number of hydrogen-bond donors (Lipinski definition) is 2. The summed E-state index contributed by atoms with van der Waals surface area (Å²) in [5, 5.41) is 15.1. The molecule has 0 aliphatic carbocycles. The minimum Gasteiger partial charge on any atom is -0.366 e. The number of aromatic nitrogens is 2. The zero-order chi connectivity index (χ0) is 16.3. The average Bonchev–Trinajstić information content (AvgIpc) is 2.86. The van der Waals surface area contributed by atoms with Crippen LogP contribution in [-0.2, 0) is 9.84 Å². The molecule has 1 aromatic carbocycles. The van der Waals surface area contributed by atoms with Gasteiger partial charge < -0.3 is 10.6 Å². The molecule has 1 fully saturated rings. The molecule has 0 bridgehead atoms. The molecule has 1 aliphatic heterocycles. The van der Waals surface area contributed by atoms with Crippen molar-refractivity contribution in [3.8, 4) is 6.07 Å². The van der Waals surface area contributed by atoms with E-state index in [1.807, 2.05) is 6.07 Å². The van der Waals surface area contributed by atoms with E-state index in [0.29, 0.717) is 29.4 Å². The number of benzene rings is 1. The SMILES string of the molecule is N#Cc1cccc(Nc2nccc(NC3CCS(=O)(=O)C3)n2)c1. The Kier molecular flexibility index (Phi) is 4.12. The molecule has 118 valence electrons. The predicted octanol–water partition coefficient (Wildman–Crippen LogP) is 1.69. The van der Waals surface area contributed by atoms with Crippen molar-refractivity contribution in [2.24, 2.45) is 0 Å². The van der Waals surface area contributed by atoms with Gasteiger partial charge in [0, 0.05) is 17.9 Å². The summed E-state index contributed by atoms with van der Waals surface area (Å²) in [6.07, 6.45) is 2.18. The minimum absolute atomic E-state index is 0.121. The standard InChI is InChI=1S/C15H15N5O2S/c16-9-11-2-1-3-12(8-11)19-15-17-6-4-14(20-15)18-13-5-7-23(21,22)10-13/h1-4,6,8,13H,5,7,10H2,(H2,17,18,19,20). The summed E-state index contributed by atoms with van der Waals surface area (Å²) >= 11 is 0. The highest BCUT2D eigenvalue weighted by Gasteiger charge is 2.27. The number of anilines is 3. The van der Waals surface area contributed by atoms with Gasteiger partial charge in [0.2, 0.25) is 5.95 Å². The summed E-state index contributed by atoms with van der Waals surface area (Å²) in [5.41, 5.74) is 1.25. The van der Waals surface area contributed by atoms with Crippen molar-refractivity contribution in [2.75, 3.05) is 22.1 Å². The fourth-order valence-electron chi connectivity index (χ4n) is 2.41. The molecule has 2 heterocycles. The lowest BCUT2D eigenvalue weighted by molar-refractivity contribution is 0.602. The Morgan fingerprint density at radius 2 is 2.17 bits per heavy atom. The van der Waals surface area contributed by atoms with Crippen molar-refractivity contribution in [3.05, 3.63) is 42.1 Å². The summed E-state index contributed by atoms with van der Waals surface area (Å²) < 4.78 is 23.0. The zero-order valence-corrected chi connectivity index (χ0v) is 13.0. The first-order chi connectivity index (χ1) is 11.0. The van der Waals surface area contributed by atoms with Gasteiger partial charge in [0.15, 0.2) is 9.84 Å². The summed E-state index contributed by atoms with van der Waals surface area (Å²) in [6.45, 7) is 0. The van der Waals surface area contributed by atoms with Gasteiger partial charge in [-0.3, -0.25) is 0 Å². The number of nitriles is 1. The molecule has 0 amide bonds. The summed E-state index contributed by atoms with van der Waals surface area (Å²) in [6, 6.07) is 10.6. The lowest BCUT2D eigenvalue weighted by Gasteiger charge is -2.12. The molecular weight excluding hydrogens is 314 g/mol. The van der Waals surface area contributed by atoms with Crippen LogP contribution in [0.4, 0.5) is 17.5 Å². The third kappa shape index (κ3) is 3.96. The highest BCUT2D eigenvalue weighted by Crippen LogP contribution is 2.18. The maximum Gasteiger partial charge on any atom is 0.229 e. The largest absolute Gasteiger partial charge is 0.366 e. The average molecular weight is 329 g/mol. The second-order valence-corrected chi connectivity index (χ2v) is 7.56. The number of hydrogen-bond acceptors (Lipinski definition) is 7. The number of nitrogens with zero attached hydrogens (tertiary/aromatic N) is 3. The first kappa shape index (κ1) is 15.2. The summed E-state index contributed by atoms with van der Waals surface area (Å²) in [7, 11) is -2.93. The van der Waals surface area contributed by atoms with Crippen molar-refractivity contribution >= 4 is 27.3 Å². The molecule has 2 aromatic rings. The Balaban J connectivity index is 1.71. The van der Waals surface area contributed by atoms with Gasteiger partial charge in [0.05, 0.1) is 23.1 Å². The Labute approximate surface area is 134 Å². The van der Waals surface area contributed by atoms with Crippen LogP contribution in [0.1, 0.15) is 12.0 Å². The molecule has 3 rings (SSSR count). The highest BCUT2D eigenvalue weighted by molar-refractivity contribution is 7.91. The van der Waals surface area contributed by atoms with Crippen molar-refractivity contribution in [1.29, 1.82) is 5.26 Å². The van der Waals surface area contributed by atoms with Crippen LogP contribution in [0.3, 0.4) is 0 Å². The molecule has 7 nitrogen and oxygen atoms in total. The maximum absolute atomic E-state index is 11.5. The van der Waals surface area contributed by atoms with E-state index in [9.17, 15) is 8.42 Å². The second-order valence-electron chi connectivity index (χ2n) is 5.33. The van der Waals surface area contributed by atoms with E-state index in [-0.39, 0.29) is 17.5 Å². The van der Waals surface area contributed by atoms with E-state index in [2.05, 4.69) is 26.7 Å². The van der Waals surface area contributed by atoms with Crippen LogP contribution in [0.5, 0.6) is 0 Å². The molecule has 23 heavy (non-hydrogen) atoms. The normalized spacial score (nSPS) is 19.0. The molecule has 0 saturated carbocycles. The summed E-state index contributed by atoms with van der Waals surface area (Å²) in [5.74, 6) is 1.29. The maximum atomic E-state index is 11.5. The topological polar surface area (TPSA) is 108 Å². The van der Waals surface area contributed by atoms with Crippen LogP contribution in [0.25, 0.3) is 0 Å². The molecule has 1 aromatic heterocycles. The van der Waals surface area contributed by atoms with Crippen molar-refractivity contribution in [2.45, 2.75) is 12.5 Å². The number of sulfone groups is 1. The van der Waals surface area contributed by atoms with Crippen molar-refractivity contribution < 1.29 is 8.42 Å². The van der Waals surface area contributed by atoms with Crippen molar-refractivity contribution in [3.63, 3.8) is 0 Å². The van der Waals surface area contributed by atoms with Gasteiger partial charge in [-0.2, -0.15) is 10.2 Å². The van der Waals surface area contributed by atoms with Gasteiger partial charge >= 0.3 is 0 Å². The van der Waals surface area contributed by atoms with Gasteiger partial charge in [-0.1, -0.05) is 6.07 Å². The molecular formula is C15H15N5O2S. The Bertz CT molecular complexity index is 860. The molecule has 8 heteroatoms. The van der Waals surface area contributed by atoms with Gasteiger partial charge in [-0.15, -0.1) is 0 Å². The van der Waals surface area contributed by atoms with Crippen molar-refractivity contribution in [1.82, 2.24) is 9.97 Å². The lowest BCUT2D eigenvalue weighted by Crippen LogP contribution is -2.21. The van der Waals surface area contributed by atoms with Crippen LogP contribution in [0.15, 0.2) is 36.5 Å². The van der Waals surface area contributed by atoms with Crippen LogP contribution in [-0.4, -0.2) is 35.9 Å². The van der Waals surface area contributed by atoms with E-state index in [0.717, 1.165) is 0 Å². The quantitative estimate of drug-likeness (QED) is 0.878. The van der Waals surface area contributed by atoms with E-state index >= 15 is 0 Å². The monoisotopic (exact) mass is 329 g/mol. The molecule has 0 radical (unpaired) electrons. The highest BCUT2D eigenvalue weighted by atomic mass is 32.2. The van der Waals surface area contributed by atoms with Gasteiger partial charge in [-0.25, -0.2) is 13.4 Å². The van der Waals surface area contributed by atoms with E-state index in [4.69, 9.17) is 5.26 Å². The Hall–Kier alpha value is -2.66. The Morgan fingerprint density at radius 3 is 2.91 bits per heavy atom. The van der Waals surface area contributed by atoms with E-state index < -0.39 is 9.84 Å². The minimum atomic E-state index is -2.93. The zero-order valence-electron chi connectivity index (χ0n) is 12.2. The fraction of sp³-hybridized carbons (Fsp3) is 0.267. The number of nitrogens with one attached hydrogen (secondary N) is 2. The van der Waals surface area contributed by atoms with Gasteiger partial charge in [-0.05, 0) is 30.7 Å². The van der Waals surface area contributed by atoms with Crippen LogP contribution < -0.4 is 10.6 Å².